The lowest BCUT2D eigenvalue weighted by atomic mass is 10.1. The minimum absolute atomic E-state index is 0.513. The van der Waals surface area contributed by atoms with Crippen LogP contribution in [0.5, 0.6) is 0 Å². The van der Waals surface area contributed by atoms with Crippen LogP contribution in [0.15, 0.2) is 46.8 Å². The average Bonchev–Trinajstić information content (AvgIpc) is 2.96. The summed E-state index contributed by atoms with van der Waals surface area (Å²) in [6, 6.07) is 13.8. The first-order valence-electron chi connectivity index (χ1n) is 8.41. The number of benzene rings is 2. The number of aryl methyl sites for hydroxylation is 2. The van der Waals surface area contributed by atoms with Gasteiger partial charge in [0, 0.05) is 5.75 Å². The normalized spacial score (nSPS) is 13.2. The smallest absolute Gasteiger partial charge is 0.216 e. The highest BCUT2D eigenvalue weighted by atomic mass is 32.2. The third-order valence-electron chi connectivity index (χ3n) is 4.21. The summed E-state index contributed by atoms with van der Waals surface area (Å²) in [5.41, 5.74) is 4.09. The van der Waals surface area contributed by atoms with Crippen molar-refractivity contribution in [3.05, 3.63) is 59.2 Å². The Labute approximate surface area is 162 Å². The predicted octanol–water partition coefficient (Wildman–Crippen LogP) is 4.82. The van der Waals surface area contributed by atoms with Gasteiger partial charge in [-0.3, -0.25) is 0 Å². The lowest BCUT2D eigenvalue weighted by Crippen LogP contribution is -2.22. The second-order valence-corrected chi connectivity index (χ2v) is 10.5. The number of hydrogen-bond donors (Lipinski definition) is 1. The zero-order valence-electron chi connectivity index (χ0n) is 14.8. The van der Waals surface area contributed by atoms with E-state index in [2.05, 4.69) is 30.1 Å². The molecule has 0 aliphatic rings. The Morgan fingerprint density at radius 3 is 2.50 bits per heavy atom. The van der Waals surface area contributed by atoms with Crippen molar-refractivity contribution in [2.75, 3.05) is 5.75 Å². The quantitative estimate of drug-likeness (QED) is 0.451. The lowest BCUT2D eigenvalue weighted by Gasteiger charge is -2.15. The van der Waals surface area contributed by atoms with Crippen LogP contribution in [-0.2, 0) is 10.0 Å². The molecule has 7 heteroatoms. The molecule has 1 heterocycles. The fourth-order valence-electron chi connectivity index (χ4n) is 2.81. The molecule has 1 unspecified atom stereocenters. The fourth-order valence-corrected chi connectivity index (χ4v) is 5.92. The predicted molar refractivity (Wildman–Crippen MR) is 111 cm³/mol. The maximum atomic E-state index is 12.0. The number of sulfonamides is 1. The number of thioether (sulfide) groups is 1. The van der Waals surface area contributed by atoms with Gasteiger partial charge in [-0.1, -0.05) is 47.7 Å². The van der Waals surface area contributed by atoms with Crippen molar-refractivity contribution in [2.45, 2.75) is 36.3 Å². The van der Waals surface area contributed by atoms with Crippen LogP contribution in [0.1, 0.15) is 34.8 Å². The number of nitrogens with zero attached hydrogens (tertiary/aromatic N) is 1. The molecule has 2 aromatic carbocycles. The summed E-state index contributed by atoms with van der Waals surface area (Å²) < 4.78 is 26.2. The molecule has 4 nitrogen and oxygen atoms in total. The summed E-state index contributed by atoms with van der Waals surface area (Å²) >= 11 is 3.35. The van der Waals surface area contributed by atoms with E-state index in [0.29, 0.717) is 6.42 Å². The van der Waals surface area contributed by atoms with Crippen LogP contribution in [0, 0.1) is 13.8 Å². The van der Waals surface area contributed by atoms with E-state index in [9.17, 15) is 8.42 Å². The first kappa shape index (κ1) is 19.4. The summed E-state index contributed by atoms with van der Waals surface area (Å²) in [6.07, 6.45) is 1.27. The number of rotatable bonds is 7. The number of hydrogen-bond acceptors (Lipinski definition) is 5. The molecular formula is C19H22N2O2S3. The Morgan fingerprint density at radius 2 is 1.81 bits per heavy atom. The summed E-state index contributed by atoms with van der Waals surface area (Å²) in [5.74, 6) is 0.816. The Bertz CT molecular complexity index is 995. The molecule has 0 spiro atoms. The van der Waals surface area contributed by atoms with Crippen molar-refractivity contribution >= 4 is 43.3 Å². The van der Waals surface area contributed by atoms with Gasteiger partial charge >= 0.3 is 0 Å². The summed E-state index contributed by atoms with van der Waals surface area (Å²) in [5, 5.41) is 4.81. The van der Waals surface area contributed by atoms with E-state index in [1.54, 1.807) is 23.1 Å². The van der Waals surface area contributed by atoms with E-state index >= 15 is 0 Å². The van der Waals surface area contributed by atoms with E-state index in [4.69, 9.17) is 5.14 Å². The van der Waals surface area contributed by atoms with Gasteiger partial charge in [0.1, 0.15) is 5.25 Å². The molecule has 0 bridgehead atoms. The molecule has 26 heavy (non-hydrogen) atoms. The molecule has 138 valence electrons. The van der Waals surface area contributed by atoms with Crippen molar-refractivity contribution < 1.29 is 8.42 Å². The SMILES string of the molecule is Cc1ccc(C(CCCSc2nc3cc(C)ccc3s2)S(N)(=O)=O)cc1. The van der Waals surface area contributed by atoms with Crippen molar-refractivity contribution in [3.8, 4) is 0 Å². The third kappa shape index (κ3) is 4.85. The second kappa shape index (κ2) is 8.08. The number of thiazole rings is 1. The summed E-state index contributed by atoms with van der Waals surface area (Å²) in [6.45, 7) is 4.04. The second-order valence-electron chi connectivity index (χ2n) is 6.43. The van der Waals surface area contributed by atoms with Crippen LogP contribution < -0.4 is 5.14 Å². The fraction of sp³-hybridized carbons (Fsp3) is 0.316. The molecule has 3 aromatic rings. The molecule has 0 saturated carbocycles. The molecule has 0 aliphatic heterocycles. The largest absolute Gasteiger partial charge is 0.230 e. The summed E-state index contributed by atoms with van der Waals surface area (Å²) in [4.78, 5) is 4.65. The number of fused-ring (bicyclic) bond motifs is 1. The van der Waals surface area contributed by atoms with Gasteiger partial charge in [-0.15, -0.1) is 11.3 Å². The Hall–Kier alpha value is -1.41. The molecule has 1 atom stereocenters. The van der Waals surface area contributed by atoms with E-state index < -0.39 is 15.3 Å². The van der Waals surface area contributed by atoms with Gasteiger partial charge in [-0.05, 0) is 49.9 Å². The van der Waals surface area contributed by atoms with Crippen molar-refractivity contribution in [2.24, 2.45) is 5.14 Å². The van der Waals surface area contributed by atoms with Crippen molar-refractivity contribution in [1.29, 1.82) is 0 Å². The maximum absolute atomic E-state index is 12.0. The molecule has 2 N–H and O–H groups in total. The van der Waals surface area contributed by atoms with E-state index in [0.717, 1.165) is 33.2 Å². The molecule has 0 radical (unpaired) electrons. The Kier molecular flexibility index (Phi) is 6.02. The monoisotopic (exact) mass is 406 g/mol. The molecule has 3 rings (SSSR count). The van der Waals surface area contributed by atoms with Crippen molar-refractivity contribution in [1.82, 2.24) is 4.98 Å². The van der Waals surface area contributed by atoms with Gasteiger partial charge in [0.05, 0.1) is 10.2 Å². The molecule has 0 amide bonds. The number of aromatic nitrogens is 1. The average molecular weight is 407 g/mol. The van der Waals surface area contributed by atoms with Gasteiger partial charge in [0.25, 0.3) is 0 Å². The summed E-state index contributed by atoms with van der Waals surface area (Å²) in [7, 11) is -3.62. The van der Waals surface area contributed by atoms with Crippen LogP contribution in [0.4, 0.5) is 0 Å². The van der Waals surface area contributed by atoms with Crippen LogP contribution in [0.3, 0.4) is 0 Å². The van der Waals surface area contributed by atoms with E-state index in [1.165, 1.54) is 10.3 Å². The lowest BCUT2D eigenvalue weighted by molar-refractivity contribution is 0.575. The maximum Gasteiger partial charge on any atom is 0.216 e. The molecule has 0 saturated heterocycles. The van der Waals surface area contributed by atoms with Crippen LogP contribution in [0.2, 0.25) is 0 Å². The highest BCUT2D eigenvalue weighted by Gasteiger charge is 2.23. The topological polar surface area (TPSA) is 73.0 Å². The third-order valence-corrected chi connectivity index (χ3v) is 7.77. The van der Waals surface area contributed by atoms with Crippen LogP contribution in [0.25, 0.3) is 10.2 Å². The minimum Gasteiger partial charge on any atom is -0.230 e. The highest BCUT2D eigenvalue weighted by Crippen LogP contribution is 2.32. The molecular weight excluding hydrogens is 384 g/mol. The zero-order chi connectivity index (χ0) is 18.7. The number of primary sulfonamides is 1. The van der Waals surface area contributed by atoms with Gasteiger partial charge in [0.15, 0.2) is 4.34 Å². The van der Waals surface area contributed by atoms with E-state index in [-0.39, 0.29) is 0 Å². The standard InChI is InChI=1S/C19H22N2O2S3/c1-13-5-8-15(9-6-13)18(26(20,22)23)4-3-11-24-19-21-16-12-14(2)7-10-17(16)25-19/h5-10,12,18H,3-4,11H2,1-2H3,(H2,20,22,23). The van der Waals surface area contributed by atoms with Gasteiger partial charge in [-0.2, -0.15) is 0 Å². The Balaban J connectivity index is 1.61. The van der Waals surface area contributed by atoms with E-state index in [1.807, 2.05) is 31.2 Å². The first-order chi connectivity index (χ1) is 12.3. The molecule has 1 aromatic heterocycles. The molecule has 0 aliphatic carbocycles. The van der Waals surface area contributed by atoms with Gasteiger partial charge < -0.3 is 0 Å². The zero-order valence-corrected chi connectivity index (χ0v) is 17.3. The first-order valence-corrected chi connectivity index (χ1v) is 11.8. The van der Waals surface area contributed by atoms with Crippen molar-refractivity contribution in [3.63, 3.8) is 0 Å². The minimum atomic E-state index is -3.62. The van der Waals surface area contributed by atoms with Crippen LogP contribution in [-0.4, -0.2) is 19.2 Å². The molecule has 0 fully saturated rings. The Morgan fingerprint density at radius 1 is 1.12 bits per heavy atom. The highest BCUT2D eigenvalue weighted by molar-refractivity contribution is 8.01. The van der Waals surface area contributed by atoms with Gasteiger partial charge in [-0.25, -0.2) is 18.5 Å². The van der Waals surface area contributed by atoms with Crippen LogP contribution >= 0.6 is 23.1 Å². The van der Waals surface area contributed by atoms with Gasteiger partial charge in [0.2, 0.25) is 10.0 Å². The number of nitrogens with two attached hydrogens (primary N) is 1.